The van der Waals surface area contributed by atoms with Crippen LogP contribution < -0.4 is 0 Å². The number of thiophene rings is 1. The Bertz CT molecular complexity index is 774. The smallest absolute Gasteiger partial charge is 0.317 e. The summed E-state index contributed by atoms with van der Waals surface area (Å²) in [5.74, 6) is -1.52. The molecule has 0 N–H and O–H groups in total. The Labute approximate surface area is 146 Å². The monoisotopic (exact) mass is 340 g/mol. The number of benzene rings is 1. The Kier molecular flexibility index (Phi) is 4.95. The van der Waals surface area contributed by atoms with Crippen molar-refractivity contribution in [1.29, 1.82) is 0 Å². The molecule has 0 aliphatic heterocycles. The first-order valence-corrected chi connectivity index (χ1v) is 9.04. The second-order valence-electron chi connectivity index (χ2n) is 6.04. The summed E-state index contributed by atoms with van der Waals surface area (Å²) in [5, 5.41) is 4.04. The van der Waals surface area contributed by atoms with Gasteiger partial charge >= 0.3 is 5.97 Å². The fourth-order valence-corrected chi connectivity index (χ4v) is 3.93. The van der Waals surface area contributed by atoms with E-state index in [9.17, 15) is 9.59 Å². The van der Waals surface area contributed by atoms with Gasteiger partial charge in [0.1, 0.15) is 5.92 Å². The van der Waals surface area contributed by atoms with Crippen molar-refractivity contribution < 1.29 is 14.3 Å². The zero-order valence-electron chi connectivity index (χ0n) is 13.8. The van der Waals surface area contributed by atoms with E-state index in [2.05, 4.69) is 6.07 Å². The molecule has 0 unspecified atom stereocenters. The van der Waals surface area contributed by atoms with Crippen LogP contribution in [0.1, 0.15) is 36.0 Å². The molecule has 24 heavy (non-hydrogen) atoms. The summed E-state index contributed by atoms with van der Waals surface area (Å²) in [5.41, 5.74) is 4.19. The number of ether oxygens (including phenoxy) is 1. The Morgan fingerprint density at radius 2 is 2.17 bits per heavy atom. The van der Waals surface area contributed by atoms with Crippen molar-refractivity contribution in [2.24, 2.45) is 5.92 Å². The lowest BCUT2D eigenvalue weighted by Crippen LogP contribution is -2.34. The van der Waals surface area contributed by atoms with Crippen LogP contribution in [0.2, 0.25) is 0 Å². The van der Waals surface area contributed by atoms with Crippen LogP contribution in [0.4, 0.5) is 0 Å². The van der Waals surface area contributed by atoms with Crippen LogP contribution in [0.5, 0.6) is 0 Å². The van der Waals surface area contributed by atoms with E-state index < -0.39 is 11.9 Å². The van der Waals surface area contributed by atoms with E-state index in [0.29, 0.717) is 6.42 Å². The lowest BCUT2D eigenvalue weighted by atomic mass is 9.73. The van der Waals surface area contributed by atoms with Gasteiger partial charge in [0.2, 0.25) is 0 Å². The standard InChI is InChI=1S/C20H20O3S/c1-3-23-20(22)19-17(14-6-4-5-13(2)9-14)10-16(11-18(19)21)15-7-8-24-12-15/h4-9,11-12,17,19H,3,10H2,1-2H3/t17-,19+/m0/s1. The average molecular weight is 340 g/mol. The van der Waals surface area contributed by atoms with E-state index in [1.54, 1.807) is 24.3 Å². The molecule has 0 saturated carbocycles. The summed E-state index contributed by atoms with van der Waals surface area (Å²) in [6.45, 7) is 4.06. The van der Waals surface area contributed by atoms with E-state index in [1.807, 2.05) is 41.9 Å². The van der Waals surface area contributed by atoms with E-state index in [1.165, 1.54) is 0 Å². The summed E-state index contributed by atoms with van der Waals surface area (Å²) in [4.78, 5) is 25.1. The van der Waals surface area contributed by atoms with E-state index >= 15 is 0 Å². The molecule has 0 spiro atoms. The predicted octanol–water partition coefficient (Wildman–Crippen LogP) is 4.38. The molecule has 1 heterocycles. The van der Waals surface area contributed by atoms with Crippen LogP contribution in [0, 0.1) is 12.8 Å². The fourth-order valence-electron chi connectivity index (χ4n) is 3.25. The van der Waals surface area contributed by atoms with Gasteiger partial charge in [0.05, 0.1) is 6.61 Å². The van der Waals surface area contributed by atoms with Crippen molar-refractivity contribution >= 4 is 28.7 Å². The minimum atomic E-state index is -0.755. The third-order valence-corrected chi connectivity index (χ3v) is 5.05. The molecule has 0 saturated heterocycles. The lowest BCUT2D eigenvalue weighted by Gasteiger charge is -2.29. The first-order chi connectivity index (χ1) is 11.6. The normalized spacial score (nSPS) is 20.6. The zero-order chi connectivity index (χ0) is 17.1. The van der Waals surface area contributed by atoms with Crippen LogP contribution in [0.15, 0.2) is 47.2 Å². The van der Waals surface area contributed by atoms with E-state index in [-0.39, 0.29) is 18.3 Å². The number of aryl methyl sites for hydroxylation is 1. The molecule has 0 bridgehead atoms. The molecular weight excluding hydrogens is 320 g/mol. The minimum Gasteiger partial charge on any atom is -0.465 e. The topological polar surface area (TPSA) is 43.4 Å². The highest BCUT2D eigenvalue weighted by Gasteiger charge is 2.39. The van der Waals surface area contributed by atoms with Gasteiger partial charge in [-0.2, -0.15) is 11.3 Å². The van der Waals surface area contributed by atoms with Crippen molar-refractivity contribution in [2.45, 2.75) is 26.2 Å². The van der Waals surface area contributed by atoms with Crippen molar-refractivity contribution in [2.75, 3.05) is 6.61 Å². The van der Waals surface area contributed by atoms with Gasteiger partial charge in [-0.15, -0.1) is 0 Å². The van der Waals surface area contributed by atoms with E-state index in [4.69, 9.17) is 4.74 Å². The summed E-state index contributed by atoms with van der Waals surface area (Å²) >= 11 is 1.61. The number of carbonyl (C=O) groups excluding carboxylic acids is 2. The van der Waals surface area contributed by atoms with Crippen LogP contribution in [0.3, 0.4) is 0 Å². The van der Waals surface area contributed by atoms with Crippen molar-refractivity contribution in [1.82, 2.24) is 0 Å². The highest BCUT2D eigenvalue weighted by molar-refractivity contribution is 7.08. The largest absolute Gasteiger partial charge is 0.465 e. The van der Waals surface area contributed by atoms with E-state index in [0.717, 1.165) is 22.3 Å². The summed E-state index contributed by atoms with van der Waals surface area (Å²) in [6, 6.07) is 10.1. The molecule has 2 atom stereocenters. The number of esters is 1. The van der Waals surface area contributed by atoms with Gasteiger partial charge < -0.3 is 4.74 Å². The van der Waals surface area contributed by atoms with Crippen molar-refractivity contribution in [3.05, 3.63) is 63.9 Å². The maximum atomic E-state index is 12.7. The molecule has 1 aliphatic carbocycles. The van der Waals surface area contributed by atoms with Crippen LogP contribution in [-0.2, 0) is 14.3 Å². The maximum absolute atomic E-state index is 12.7. The molecule has 0 amide bonds. The van der Waals surface area contributed by atoms with Gasteiger partial charge in [-0.25, -0.2) is 0 Å². The predicted molar refractivity (Wildman–Crippen MR) is 96.0 cm³/mol. The number of hydrogen-bond acceptors (Lipinski definition) is 4. The zero-order valence-corrected chi connectivity index (χ0v) is 14.6. The third-order valence-electron chi connectivity index (χ3n) is 4.37. The van der Waals surface area contributed by atoms with Gasteiger partial charge in [0, 0.05) is 5.92 Å². The Morgan fingerprint density at radius 1 is 1.33 bits per heavy atom. The Hall–Kier alpha value is -2.20. The Balaban J connectivity index is 2.02. The molecule has 4 heteroatoms. The number of ketones is 1. The highest BCUT2D eigenvalue weighted by atomic mass is 32.1. The quantitative estimate of drug-likeness (QED) is 0.613. The first-order valence-electron chi connectivity index (χ1n) is 8.10. The number of rotatable bonds is 4. The van der Waals surface area contributed by atoms with Gasteiger partial charge in [-0.1, -0.05) is 29.8 Å². The highest BCUT2D eigenvalue weighted by Crippen LogP contribution is 2.40. The molecule has 2 aromatic rings. The van der Waals surface area contributed by atoms with Gasteiger partial charge in [0.15, 0.2) is 5.78 Å². The Morgan fingerprint density at radius 3 is 2.83 bits per heavy atom. The molecule has 1 aromatic carbocycles. The number of allylic oxidation sites excluding steroid dienone is 2. The summed E-state index contributed by atoms with van der Waals surface area (Å²) in [7, 11) is 0. The number of hydrogen-bond donors (Lipinski definition) is 0. The molecule has 0 radical (unpaired) electrons. The maximum Gasteiger partial charge on any atom is 0.317 e. The van der Waals surface area contributed by atoms with Gasteiger partial charge in [-0.05, 0) is 59.9 Å². The molecule has 3 nitrogen and oxygen atoms in total. The number of carbonyl (C=O) groups is 2. The molecule has 0 fully saturated rings. The average Bonchev–Trinajstić information content (AvgIpc) is 3.08. The third kappa shape index (κ3) is 3.34. The van der Waals surface area contributed by atoms with Gasteiger partial charge in [0.25, 0.3) is 0 Å². The van der Waals surface area contributed by atoms with Gasteiger partial charge in [-0.3, -0.25) is 9.59 Å². The molecule has 124 valence electrons. The summed E-state index contributed by atoms with van der Waals surface area (Å²) in [6.07, 6.45) is 2.28. The SMILES string of the molecule is CCOC(=O)[C@H]1C(=O)C=C(c2ccsc2)C[C@H]1c1cccc(C)c1. The second-order valence-corrected chi connectivity index (χ2v) is 6.82. The first kappa shape index (κ1) is 16.7. The van der Waals surface area contributed by atoms with Crippen LogP contribution in [0.25, 0.3) is 5.57 Å². The summed E-state index contributed by atoms with van der Waals surface area (Å²) < 4.78 is 5.17. The fraction of sp³-hybridized carbons (Fsp3) is 0.300. The lowest BCUT2D eigenvalue weighted by molar-refractivity contribution is -0.151. The molecule has 1 aliphatic rings. The van der Waals surface area contributed by atoms with Crippen molar-refractivity contribution in [3.63, 3.8) is 0 Å². The minimum absolute atomic E-state index is 0.160. The van der Waals surface area contributed by atoms with Crippen LogP contribution in [-0.4, -0.2) is 18.4 Å². The second kappa shape index (κ2) is 7.14. The van der Waals surface area contributed by atoms with Crippen LogP contribution >= 0.6 is 11.3 Å². The molecule has 1 aromatic heterocycles. The molecular formula is C20H20O3S. The molecule has 3 rings (SSSR count). The van der Waals surface area contributed by atoms with Crippen molar-refractivity contribution in [3.8, 4) is 0 Å².